The van der Waals surface area contributed by atoms with Crippen LogP contribution < -0.4 is 0 Å². The third kappa shape index (κ3) is 4.89. The summed E-state index contributed by atoms with van der Waals surface area (Å²) >= 11 is 7.69. The van der Waals surface area contributed by atoms with Gasteiger partial charge < -0.3 is 0 Å². The Balaban J connectivity index is 1.87. The highest BCUT2D eigenvalue weighted by atomic mass is 35.5. The Morgan fingerprint density at radius 1 is 1.04 bits per heavy atom. The van der Waals surface area contributed by atoms with Crippen molar-refractivity contribution in [2.75, 3.05) is 0 Å². The van der Waals surface area contributed by atoms with Crippen LogP contribution in [0.2, 0.25) is 5.02 Å². The molecule has 0 bridgehead atoms. The number of thiophene rings is 1. The molecule has 0 aliphatic rings. The lowest BCUT2D eigenvalue weighted by Crippen LogP contribution is -2.31. The molecule has 0 saturated carbocycles. The number of aromatic nitrogens is 1. The number of hydrogen-bond acceptors (Lipinski definition) is 4. The molecular formula is C18H17ClN2O2S2. The highest BCUT2D eigenvalue weighted by Crippen LogP contribution is 2.22. The first-order valence-corrected chi connectivity index (χ1v) is 10.6. The largest absolute Gasteiger partial charge is 0.260 e. The molecule has 0 aliphatic carbocycles. The predicted molar refractivity (Wildman–Crippen MR) is 102 cm³/mol. The van der Waals surface area contributed by atoms with E-state index in [0.717, 1.165) is 5.56 Å². The van der Waals surface area contributed by atoms with Crippen molar-refractivity contribution in [3.63, 3.8) is 0 Å². The van der Waals surface area contributed by atoms with Crippen LogP contribution in [0.15, 0.2) is 65.5 Å². The molecule has 2 heterocycles. The van der Waals surface area contributed by atoms with E-state index in [4.69, 9.17) is 11.6 Å². The molecule has 0 N–H and O–H groups in total. The van der Waals surface area contributed by atoms with Gasteiger partial charge in [-0.25, -0.2) is 8.42 Å². The van der Waals surface area contributed by atoms with Gasteiger partial charge in [-0.05, 0) is 46.2 Å². The maximum Gasteiger partial charge on any atom is 0.219 e. The van der Waals surface area contributed by atoms with Gasteiger partial charge in [0.2, 0.25) is 10.0 Å². The van der Waals surface area contributed by atoms with E-state index in [0.29, 0.717) is 22.8 Å². The van der Waals surface area contributed by atoms with E-state index in [1.807, 2.05) is 35.0 Å². The summed E-state index contributed by atoms with van der Waals surface area (Å²) in [7, 11) is -3.56. The van der Waals surface area contributed by atoms with Crippen molar-refractivity contribution in [1.29, 1.82) is 0 Å². The second kappa shape index (κ2) is 8.10. The van der Waals surface area contributed by atoms with E-state index in [-0.39, 0.29) is 12.3 Å². The summed E-state index contributed by atoms with van der Waals surface area (Å²) in [5.74, 6) is -0.135. The van der Waals surface area contributed by atoms with E-state index < -0.39 is 10.0 Å². The molecule has 1 aromatic carbocycles. The number of benzene rings is 1. The molecule has 3 aromatic rings. The summed E-state index contributed by atoms with van der Waals surface area (Å²) in [4.78, 5) is 4.26. The van der Waals surface area contributed by atoms with Gasteiger partial charge in [0, 0.05) is 17.8 Å². The van der Waals surface area contributed by atoms with Crippen molar-refractivity contribution in [3.8, 4) is 0 Å². The van der Waals surface area contributed by atoms with Crippen LogP contribution >= 0.6 is 22.9 Å². The minimum Gasteiger partial charge on any atom is -0.260 e. The third-order valence-corrected chi connectivity index (χ3v) is 6.51. The van der Waals surface area contributed by atoms with Crippen LogP contribution in [0.3, 0.4) is 0 Å². The first-order chi connectivity index (χ1) is 12.0. The topological polar surface area (TPSA) is 50.3 Å². The summed E-state index contributed by atoms with van der Waals surface area (Å²) in [5.41, 5.74) is 2.27. The maximum atomic E-state index is 13.0. The van der Waals surface area contributed by atoms with Crippen LogP contribution in [-0.2, 0) is 28.9 Å². The summed E-state index contributed by atoms with van der Waals surface area (Å²) in [6, 6.07) is 14.4. The third-order valence-electron chi connectivity index (χ3n) is 3.69. The van der Waals surface area contributed by atoms with Gasteiger partial charge >= 0.3 is 0 Å². The summed E-state index contributed by atoms with van der Waals surface area (Å²) in [6.45, 7) is 0.538. The minimum absolute atomic E-state index is 0.135. The molecule has 0 saturated heterocycles. The molecule has 4 nitrogen and oxygen atoms in total. The SMILES string of the molecule is O=S(=O)(Cc1ccccc1Cl)N(Cc1ccsc1)Cc1ccccn1. The second-order valence-electron chi connectivity index (χ2n) is 5.57. The average Bonchev–Trinajstić information content (AvgIpc) is 3.10. The molecule has 0 unspecified atom stereocenters. The molecule has 0 fully saturated rings. The quantitative estimate of drug-likeness (QED) is 0.601. The van der Waals surface area contributed by atoms with Gasteiger partial charge in [-0.15, -0.1) is 0 Å². The summed E-state index contributed by atoms with van der Waals surface area (Å²) < 4.78 is 27.5. The van der Waals surface area contributed by atoms with Crippen molar-refractivity contribution in [2.24, 2.45) is 0 Å². The number of hydrogen-bond donors (Lipinski definition) is 0. The van der Waals surface area contributed by atoms with Crippen LogP contribution in [0.25, 0.3) is 0 Å². The highest BCUT2D eigenvalue weighted by Gasteiger charge is 2.24. The van der Waals surface area contributed by atoms with E-state index in [9.17, 15) is 8.42 Å². The van der Waals surface area contributed by atoms with E-state index in [2.05, 4.69) is 4.98 Å². The van der Waals surface area contributed by atoms with Crippen LogP contribution in [0.1, 0.15) is 16.8 Å². The molecule has 3 rings (SSSR count). The Kier molecular flexibility index (Phi) is 5.86. The predicted octanol–water partition coefficient (Wildman–Crippen LogP) is 4.33. The summed E-state index contributed by atoms with van der Waals surface area (Å²) in [5, 5.41) is 4.35. The lowest BCUT2D eigenvalue weighted by Gasteiger charge is -2.22. The summed E-state index contributed by atoms with van der Waals surface area (Å²) in [6.07, 6.45) is 1.67. The van der Waals surface area contributed by atoms with E-state index >= 15 is 0 Å². The lowest BCUT2D eigenvalue weighted by atomic mass is 10.2. The fourth-order valence-electron chi connectivity index (χ4n) is 2.41. The normalized spacial score (nSPS) is 11.8. The molecule has 0 aliphatic heterocycles. The number of halogens is 1. The molecule has 0 atom stereocenters. The Bertz CT molecular complexity index is 913. The van der Waals surface area contributed by atoms with Crippen LogP contribution in [0.4, 0.5) is 0 Å². The molecule has 130 valence electrons. The Morgan fingerprint density at radius 3 is 2.52 bits per heavy atom. The van der Waals surface area contributed by atoms with Crippen LogP contribution in [0, 0.1) is 0 Å². The molecular weight excluding hydrogens is 376 g/mol. The van der Waals surface area contributed by atoms with Gasteiger partial charge in [-0.2, -0.15) is 15.6 Å². The number of nitrogens with zero attached hydrogens (tertiary/aromatic N) is 2. The number of sulfonamides is 1. The standard InChI is InChI=1S/C18H17ClN2O2S2/c19-18-7-2-1-5-16(18)14-25(22,23)21(11-15-8-10-24-13-15)12-17-6-3-4-9-20-17/h1-10,13H,11-12,14H2. The fraction of sp³-hybridized carbons (Fsp3) is 0.167. The van der Waals surface area contributed by atoms with Crippen LogP contribution in [-0.4, -0.2) is 17.7 Å². The molecule has 0 amide bonds. The van der Waals surface area contributed by atoms with Gasteiger partial charge in [0.15, 0.2) is 0 Å². The number of rotatable bonds is 7. The molecule has 2 aromatic heterocycles. The molecule has 0 spiro atoms. The van der Waals surface area contributed by atoms with Crippen molar-refractivity contribution >= 4 is 33.0 Å². The van der Waals surface area contributed by atoms with Gasteiger partial charge in [-0.3, -0.25) is 4.98 Å². The second-order valence-corrected chi connectivity index (χ2v) is 8.72. The molecule has 0 radical (unpaired) electrons. The van der Waals surface area contributed by atoms with Gasteiger partial charge in [-0.1, -0.05) is 35.9 Å². The van der Waals surface area contributed by atoms with Crippen molar-refractivity contribution in [1.82, 2.24) is 9.29 Å². The smallest absolute Gasteiger partial charge is 0.219 e. The van der Waals surface area contributed by atoms with E-state index in [1.165, 1.54) is 4.31 Å². The maximum absolute atomic E-state index is 13.0. The first kappa shape index (κ1) is 18.1. The fourth-order valence-corrected chi connectivity index (χ4v) is 4.86. The minimum atomic E-state index is -3.56. The molecule has 25 heavy (non-hydrogen) atoms. The monoisotopic (exact) mass is 392 g/mol. The zero-order valence-corrected chi connectivity index (χ0v) is 15.8. The van der Waals surface area contributed by atoms with Gasteiger partial charge in [0.1, 0.15) is 0 Å². The zero-order valence-electron chi connectivity index (χ0n) is 13.4. The number of pyridine rings is 1. The van der Waals surface area contributed by atoms with Crippen molar-refractivity contribution in [3.05, 3.63) is 87.3 Å². The lowest BCUT2D eigenvalue weighted by molar-refractivity contribution is 0.396. The average molecular weight is 393 g/mol. The van der Waals surface area contributed by atoms with Crippen LogP contribution in [0.5, 0.6) is 0 Å². The molecule has 7 heteroatoms. The van der Waals surface area contributed by atoms with Crippen molar-refractivity contribution < 1.29 is 8.42 Å². The van der Waals surface area contributed by atoms with Crippen molar-refractivity contribution in [2.45, 2.75) is 18.8 Å². The van der Waals surface area contributed by atoms with Gasteiger partial charge in [0.05, 0.1) is 18.0 Å². The highest BCUT2D eigenvalue weighted by molar-refractivity contribution is 7.88. The Labute approximate surface area is 156 Å². The Morgan fingerprint density at radius 2 is 1.84 bits per heavy atom. The first-order valence-electron chi connectivity index (χ1n) is 7.67. The van der Waals surface area contributed by atoms with E-state index in [1.54, 1.807) is 41.8 Å². The zero-order chi connectivity index (χ0) is 17.7. The van der Waals surface area contributed by atoms with Gasteiger partial charge in [0.25, 0.3) is 0 Å². The Hall–Kier alpha value is -1.73.